The zero-order valence-corrected chi connectivity index (χ0v) is 13.2. The minimum atomic E-state index is -3.17. The van der Waals surface area contributed by atoms with Gasteiger partial charge in [0.15, 0.2) is 9.84 Å². The molecule has 7 nitrogen and oxygen atoms in total. The highest BCUT2D eigenvalue weighted by molar-refractivity contribution is 7.91. The van der Waals surface area contributed by atoms with E-state index in [1.54, 1.807) is 19.1 Å². The second-order valence-corrected chi connectivity index (χ2v) is 7.43. The van der Waals surface area contributed by atoms with Crippen molar-refractivity contribution in [2.24, 2.45) is 0 Å². The lowest BCUT2D eigenvalue weighted by atomic mass is 10.1. The van der Waals surface area contributed by atoms with Crippen molar-refractivity contribution in [3.05, 3.63) is 29.8 Å². The highest BCUT2D eigenvalue weighted by atomic mass is 32.2. The van der Waals surface area contributed by atoms with Gasteiger partial charge in [-0.15, -0.1) is 0 Å². The average Bonchev–Trinajstić information content (AvgIpc) is 2.72. The van der Waals surface area contributed by atoms with Gasteiger partial charge in [0.2, 0.25) is 0 Å². The summed E-state index contributed by atoms with van der Waals surface area (Å²) < 4.78 is 28.4. The van der Waals surface area contributed by atoms with Crippen LogP contribution in [0.15, 0.2) is 24.3 Å². The maximum atomic E-state index is 11.8. The number of benzene rings is 1. The molecule has 1 aromatic rings. The number of nitrogens with two attached hydrogens (primary N) is 1. The Hall–Kier alpha value is -1.80. The molecule has 0 unspecified atom stereocenters. The topological polar surface area (TPSA) is 111 Å². The van der Waals surface area contributed by atoms with Crippen molar-refractivity contribution < 1.29 is 17.9 Å². The van der Waals surface area contributed by atoms with Crippen LogP contribution in [-0.2, 0) is 21.1 Å². The fourth-order valence-electron chi connectivity index (χ4n) is 2.40. The average molecular weight is 327 g/mol. The maximum Gasteiger partial charge on any atom is 0.407 e. The number of nitrogens with one attached hydrogen (secondary N) is 2. The minimum Gasteiger partial charge on any atom is -0.450 e. The van der Waals surface area contributed by atoms with Gasteiger partial charge in [0.25, 0.3) is 0 Å². The summed E-state index contributed by atoms with van der Waals surface area (Å²) in [5.74, 6) is -0.0791. The van der Waals surface area contributed by atoms with Crippen LogP contribution in [0.3, 0.4) is 0 Å². The summed E-state index contributed by atoms with van der Waals surface area (Å²) >= 11 is 0. The van der Waals surface area contributed by atoms with Crippen LogP contribution in [0, 0.1) is 0 Å². The molecule has 2 rings (SSSR count). The van der Waals surface area contributed by atoms with Crippen LogP contribution in [0.25, 0.3) is 0 Å². The predicted octanol–water partition coefficient (Wildman–Crippen LogP) is 0.270. The molecule has 1 aromatic carbocycles. The monoisotopic (exact) mass is 327 g/mol. The maximum absolute atomic E-state index is 11.8. The fraction of sp³-hybridized carbons (Fsp3) is 0.500. The van der Waals surface area contributed by atoms with E-state index >= 15 is 0 Å². The summed E-state index contributed by atoms with van der Waals surface area (Å²) in [6.45, 7) is 2.44. The van der Waals surface area contributed by atoms with E-state index in [1.165, 1.54) is 0 Å². The van der Waals surface area contributed by atoms with Crippen molar-refractivity contribution >= 4 is 21.6 Å². The van der Waals surface area contributed by atoms with Gasteiger partial charge in [0, 0.05) is 18.3 Å². The van der Waals surface area contributed by atoms with E-state index in [1.807, 2.05) is 12.1 Å². The second kappa shape index (κ2) is 6.97. The molecule has 0 aliphatic carbocycles. The summed E-state index contributed by atoms with van der Waals surface area (Å²) in [6, 6.07) is 6.50. The molecule has 0 bridgehead atoms. The number of hydrogen-bond donors (Lipinski definition) is 3. The molecule has 0 spiro atoms. The fourth-order valence-corrected chi connectivity index (χ4v) is 4.30. The summed E-state index contributed by atoms with van der Waals surface area (Å²) in [7, 11) is -3.17. The lowest BCUT2D eigenvalue weighted by molar-refractivity contribution is 0.147. The first-order valence-electron chi connectivity index (χ1n) is 7.11. The Morgan fingerprint density at radius 1 is 1.27 bits per heavy atom. The van der Waals surface area contributed by atoms with Crippen molar-refractivity contribution in [2.75, 3.05) is 23.8 Å². The molecule has 0 radical (unpaired) electrons. The van der Waals surface area contributed by atoms with Gasteiger partial charge in [-0.3, -0.25) is 0 Å². The number of carbonyl (C=O) groups is 1. The summed E-state index contributed by atoms with van der Waals surface area (Å²) in [5.41, 5.74) is 7.29. The third-order valence-corrected chi connectivity index (χ3v) is 5.21. The molecule has 1 heterocycles. The quantitative estimate of drug-likeness (QED) is 0.670. The number of sulfone groups is 1. The van der Waals surface area contributed by atoms with Crippen LogP contribution in [0.2, 0.25) is 0 Å². The van der Waals surface area contributed by atoms with Gasteiger partial charge in [0.1, 0.15) is 0 Å². The highest BCUT2D eigenvalue weighted by Crippen LogP contribution is 2.14. The molecule has 22 heavy (non-hydrogen) atoms. The van der Waals surface area contributed by atoms with Crippen molar-refractivity contribution in [3.8, 4) is 0 Å². The molecule has 8 heteroatoms. The molecular formula is C14H21N3O4S. The normalized spacial score (nSPS) is 23.1. The third kappa shape index (κ3) is 4.60. The molecular weight excluding hydrogens is 306 g/mol. The van der Waals surface area contributed by atoms with Gasteiger partial charge in [-0.05, 0) is 24.6 Å². The molecule has 1 aliphatic rings. The summed E-state index contributed by atoms with van der Waals surface area (Å²) in [4.78, 5) is 11.5. The summed E-state index contributed by atoms with van der Waals surface area (Å²) in [5, 5.41) is 5.79. The van der Waals surface area contributed by atoms with Crippen LogP contribution in [-0.4, -0.2) is 44.7 Å². The zero-order chi connectivity index (χ0) is 16.2. The van der Waals surface area contributed by atoms with E-state index in [9.17, 15) is 13.2 Å². The molecule has 0 saturated carbocycles. The first-order valence-corrected chi connectivity index (χ1v) is 8.93. The Balaban J connectivity index is 1.97. The number of alkyl carbamates (subject to hydrolysis) is 1. The number of amides is 1. The number of anilines is 1. The molecule has 4 N–H and O–H groups in total. The standard InChI is InChI=1S/C14H21N3O4S/c1-2-21-14(18)17-13-9-22(19,20)8-12(13)16-7-10-3-5-11(15)6-4-10/h3-6,12-13,16H,2,7-9,15H2,1H3,(H,17,18)/t12-,13-/m0/s1. The zero-order valence-electron chi connectivity index (χ0n) is 12.4. The Morgan fingerprint density at radius 2 is 1.91 bits per heavy atom. The van der Waals surface area contributed by atoms with E-state index < -0.39 is 22.0 Å². The first-order chi connectivity index (χ1) is 10.4. The Kier molecular flexibility index (Phi) is 5.25. The minimum absolute atomic E-state index is 0.000948. The van der Waals surface area contributed by atoms with Crippen molar-refractivity contribution in [2.45, 2.75) is 25.6 Å². The van der Waals surface area contributed by atoms with Crippen LogP contribution in [0.4, 0.5) is 10.5 Å². The highest BCUT2D eigenvalue weighted by Gasteiger charge is 2.38. The van der Waals surface area contributed by atoms with Gasteiger partial charge in [-0.25, -0.2) is 13.2 Å². The van der Waals surface area contributed by atoms with Crippen LogP contribution >= 0.6 is 0 Å². The van der Waals surface area contributed by atoms with Gasteiger partial charge < -0.3 is 21.1 Å². The van der Waals surface area contributed by atoms with Crippen molar-refractivity contribution in [1.82, 2.24) is 10.6 Å². The number of hydrogen-bond acceptors (Lipinski definition) is 6. The van der Waals surface area contributed by atoms with Crippen LogP contribution in [0.1, 0.15) is 12.5 Å². The predicted molar refractivity (Wildman–Crippen MR) is 84.1 cm³/mol. The summed E-state index contributed by atoms with van der Waals surface area (Å²) in [6.07, 6.45) is -0.594. The van der Waals surface area contributed by atoms with Crippen molar-refractivity contribution in [3.63, 3.8) is 0 Å². The number of rotatable bonds is 5. The molecule has 2 atom stereocenters. The van der Waals surface area contributed by atoms with Gasteiger partial charge in [-0.1, -0.05) is 12.1 Å². The van der Waals surface area contributed by atoms with Gasteiger partial charge >= 0.3 is 6.09 Å². The van der Waals surface area contributed by atoms with Gasteiger partial charge in [0.05, 0.1) is 24.2 Å². The third-order valence-electron chi connectivity index (χ3n) is 3.48. The molecule has 0 aromatic heterocycles. The molecule has 1 amide bonds. The number of ether oxygens (including phenoxy) is 1. The van der Waals surface area contributed by atoms with Crippen LogP contribution in [0.5, 0.6) is 0 Å². The smallest absolute Gasteiger partial charge is 0.407 e. The van der Waals surface area contributed by atoms with Crippen LogP contribution < -0.4 is 16.4 Å². The largest absolute Gasteiger partial charge is 0.450 e. The van der Waals surface area contributed by atoms with E-state index in [4.69, 9.17) is 10.5 Å². The lowest BCUT2D eigenvalue weighted by Crippen LogP contribution is -2.49. The van der Waals surface area contributed by atoms with E-state index in [0.29, 0.717) is 12.2 Å². The molecule has 1 aliphatic heterocycles. The molecule has 1 saturated heterocycles. The van der Waals surface area contributed by atoms with E-state index in [2.05, 4.69) is 10.6 Å². The first kappa shape index (κ1) is 16.6. The Labute approximate surface area is 130 Å². The van der Waals surface area contributed by atoms with E-state index in [-0.39, 0.29) is 24.2 Å². The lowest BCUT2D eigenvalue weighted by Gasteiger charge is -2.20. The van der Waals surface area contributed by atoms with E-state index in [0.717, 1.165) is 5.56 Å². The molecule has 1 fully saturated rings. The number of nitrogen functional groups attached to an aromatic ring is 1. The molecule has 122 valence electrons. The Bertz CT molecular complexity index is 615. The Morgan fingerprint density at radius 3 is 2.55 bits per heavy atom. The van der Waals surface area contributed by atoms with Crippen molar-refractivity contribution in [1.29, 1.82) is 0 Å². The second-order valence-electron chi connectivity index (χ2n) is 5.28. The van der Waals surface area contributed by atoms with Gasteiger partial charge in [-0.2, -0.15) is 0 Å². The number of carbonyl (C=O) groups excluding carboxylic acids is 1. The SMILES string of the molecule is CCOC(=O)N[C@H]1CS(=O)(=O)C[C@@H]1NCc1ccc(N)cc1.